The SMILES string of the molecule is CCC1CCC(CCCO)(C(=O)O)C1. The molecule has 1 aliphatic rings. The molecule has 2 atom stereocenters. The van der Waals surface area contributed by atoms with E-state index in [2.05, 4.69) is 6.92 Å². The second-order valence-electron chi connectivity index (χ2n) is 4.43. The summed E-state index contributed by atoms with van der Waals surface area (Å²) in [5, 5.41) is 18.0. The summed E-state index contributed by atoms with van der Waals surface area (Å²) in [5.74, 6) is -0.0910. The van der Waals surface area contributed by atoms with Crippen molar-refractivity contribution in [3.8, 4) is 0 Å². The Hall–Kier alpha value is -0.570. The number of carboxylic acid groups (broad SMARTS) is 1. The average molecular weight is 200 g/mol. The first-order valence-electron chi connectivity index (χ1n) is 5.49. The maximum absolute atomic E-state index is 11.2. The predicted molar refractivity (Wildman–Crippen MR) is 54.0 cm³/mol. The minimum absolute atomic E-state index is 0.103. The van der Waals surface area contributed by atoms with Gasteiger partial charge >= 0.3 is 5.97 Å². The third kappa shape index (κ3) is 2.27. The number of aliphatic hydroxyl groups is 1. The summed E-state index contributed by atoms with van der Waals surface area (Å²) in [6.45, 7) is 2.22. The zero-order valence-corrected chi connectivity index (χ0v) is 8.83. The zero-order valence-electron chi connectivity index (χ0n) is 8.83. The van der Waals surface area contributed by atoms with E-state index in [1.165, 1.54) is 0 Å². The number of aliphatic hydroxyl groups excluding tert-OH is 1. The molecule has 0 aromatic rings. The van der Waals surface area contributed by atoms with Crippen molar-refractivity contribution in [2.24, 2.45) is 11.3 Å². The molecule has 1 rings (SSSR count). The van der Waals surface area contributed by atoms with Gasteiger partial charge in [-0.1, -0.05) is 13.3 Å². The first kappa shape index (κ1) is 11.5. The van der Waals surface area contributed by atoms with E-state index in [1.807, 2.05) is 0 Å². The lowest BCUT2D eigenvalue weighted by Crippen LogP contribution is -2.28. The van der Waals surface area contributed by atoms with Gasteiger partial charge in [-0.25, -0.2) is 0 Å². The van der Waals surface area contributed by atoms with E-state index in [-0.39, 0.29) is 6.61 Å². The third-order valence-electron chi connectivity index (χ3n) is 3.56. The lowest BCUT2D eigenvalue weighted by molar-refractivity contribution is -0.149. The van der Waals surface area contributed by atoms with Crippen LogP contribution in [-0.2, 0) is 4.79 Å². The monoisotopic (exact) mass is 200 g/mol. The second kappa shape index (κ2) is 4.78. The zero-order chi connectivity index (χ0) is 10.6. The van der Waals surface area contributed by atoms with E-state index in [4.69, 9.17) is 5.11 Å². The summed E-state index contributed by atoms with van der Waals surface area (Å²) in [6.07, 6.45) is 4.96. The van der Waals surface area contributed by atoms with Crippen LogP contribution in [0.4, 0.5) is 0 Å². The number of rotatable bonds is 5. The molecule has 2 unspecified atom stereocenters. The Labute approximate surface area is 85.1 Å². The van der Waals surface area contributed by atoms with Crippen molar-refractivity contribution in [3.05, 3.63) is 0 Å². The van der Waals surface area contributed by atoms with Gasteiger partial charge in [-0.15, -0.1) is 0 Å². The van der Waals surface area contributed by atoms with Crippen molar-refractivity contribution in [3.63, 3.8) is 0 Å². The first-order chi connectivity index (χ1) is 6.64. The average Bonchev–Trinajstić information content (AvgIpc) is 2.59. The van der Waals surface area contributed by atoms with Gasteiger partial charge in [-0.2, -0.15) is 0 Å². The Morgan fingerprint density at radius 2 is 2.29 bits per heavy atom. The smallest absolute Gasteiger partial charge is 0.309 e. The van der Waals surface area contributed by atoms with Gasteiger partial charge in [-0.3, -0.25) is 4.79 Å². The molecule has 0 bridgehead atoms. The molecule has 0 spiro atoms. The van der Waals surface area contributed by atoms with Gasteiger partial charge in [-0.05, 0) is 38.0 Å². The van der Waals surface area contributed by atoms with Gasteiger partial charge < -0.3 is 10.2 Å². The highest BCUT2D eigenvalue weighted by Gasteiger charge is 2.44. The van der Waals surface area contributed by atoms with Crippen LogP contribution in [0.25, 0.3) is 0 Å². The van der Waals surface area contributed by atoms with Crippen molar-refractivity contribution in [1.29, 1.82) is 0 Å². The lowest BCUT2D eigenvalue weighted by atomic mass is 9.80. The van der Waals surface area contributed by atoms with E-state index >= 15 is 0 Å². The lowest BCUT2D eigenvalue weighted by Gasteiger charge is -2.23. The van der Waals surface area contributed by atoms with E-state index < -0.39 is 11.4 Å². The normalized spacial score (nSPS) is 32.0. The quantitative estimate of drug-likeness (QED) is 0.714. The summed E-state index contributed by atoms with van der Waals surface area (Å²) in [4.78, 5) is 11.2. The standard InChI is InChI=1S/C11H20O3/c1-2-9-4-6-11(8-9,10(13)14)5-3-7-12/h9,12H,2-8H2,1H3,(H,13,14). The molecule has 1 saturated carbocycles. The van der Waals surface area contributed by atoms with Gasteiger partial charge in [0, 0.05) is 6.61 Å². The highest BCUT2D eigenvalue weighted by molar-refractivity contribution is 5.75. The molecule has 82 valence electrons. The summed E-state index contributed by atoms with van der Waals surface area (Å²) < 4.78 is 0. The molecule has 1 fully saturated rings. The van der Waals surface area contributed by atoms with Crippen molar-refractivity contribution in [2.45, 2.75) is 45.4 Å². The fourth-order valence-corrected chi connectivity index (χ4v) is 2.53. The summed E-state index contributed by atoms with van der Waals surface area (Å²) in [7, 11) is 0. The predicted octanol–water partition coefficient (Wildman–Crippen LogP) is 2.04. The van der Waals surface area contributed by atoms with Crippen LogP contribution in [0, 0.1) is 11.3 Å². The number of carbonyl (C=O) groups is 1. The van der Waals surface area contributed by atoms with Crippen molar-refractivity contribution < 1.29 is 15.0 Å². The van der Waals surface area contributed by atoms with Gasteiger partial charge in [0.05, 0.1) is 5.41 Å². The van der Waals surface area contributed by atoms with Crippen LogP contribution >= 0.6 is 0 Å². The molecule has 0 saturated heterocycles. The summed E-state index contributed by atoms with van der Waals surface area (Å²) in [6, 6.07) is 0. The second-order valence-corrected chi connectivity index (χ2v) is 4.43. The van der Waals surface area contributed by atoms with Crippen molar-refractivity contribution in [2.75, 3.05) is 6.61 Å². The molecule has 0 radical (unpaired) electrons. The summed E-state index contributed by atoms with van der Waals surface area (Å²) >= 11 is 0. The Kier molecular flexibility index (Phi) is 3.93. The molecule has 2 N–H and O–H groups in total. The molecular weight excluding hydrogens is 180 g/mol. The molecule has 0 aliphatic heterocycles. The van der Waals surface area contributed by atoms with Crippen molar-refractivity contribution in [1.82, 2.24) is 0 Å². The minimum atomic E-state index is -0.665. The molecular formula is C11H20O3. The highest BCUT2D eigenvalue weighted by Crippen LogP contribution is 2.46. The Balaban J connectivity index is 2.60. The number of hydrogen-bond donors (Lipinski definition) is 2. The minimum Gasteiger partial charge on any atom is -0.481 e. The molecule has 3 heteroatoms. The molecule has 0 amide bonds. The van der Waals surface area contributed by atoms with Gasteiger partial charge in [0.15, 0.2) is 0 Å². The first-order valence-corrected chi connectivity index (χ1v) is 5.49. The van der Waals surface area contributed by atoms with Crippen LogP contribution in [0.2, 0.25) is 0 Å². The van der Waals surface area contributed by atoms with Crippen LogP contribution < -0.4 is 0 Å². The molecule has 0 heterocycles. The van der Waals surface area contributed by atoms with Gasteiger partial charge in [0.2, 0.25) is 0 Å². The van der Waals surface area contributed by atoms with Crippen LogP contribution in [0.5, 0.6) is 0 Å². The molecule has 0 aromatic heterocycles. The number of hydrogen-bond acceptors (Lipinski definition) is 2. The Morgan fingerprint density at radius 1 is 1.57 bits per heavy atom. The van der Waals surface area contributed by atoms with E-state index in [9.17, 15) is 9.90 Å². The van der Waals surface area contributed by atoms with Gasteiger partial charge in [0.25, 0.3) is 0 Å². The Bertz CT molecular complexity index is 203. The van der Waals surface area contributed by atoms with E-state index in [0.29, 0.717) is 18.8 Å². The highest BCUT2D eigenvalue weighted by atomic mass is 16.4. The van der Waals surface area contributed by atoms with Crippen LogP contribution in [0.3, 0.4) is 0 Å². The molecule has 3 nitrogen and oxygen atoms in total. The van der Waals surface area contributed by atoms with E-state index in [0.717, 1.165) is 25.7 Å². The van der Waals surface area contributed by atoms with Gasteiger partial charge in [0.1, 0.15) is 0 Å². The largest absolute Gasteiger partial charge is 0.481 e. The summed E-state index contributed by atoms with van der Waals surface area (Å²) in [5.41, 5.74) is -0.524. The maximum atomic E-state index is 11.2. The number of aliphatic carboxylic acids is 1. The van der Waals surface area contributed by atoms with Crippen LogP contribution in [-0.4, -0.2) is 22.8 Å². The molecule has 14 heavy (non-hydrogen) atoms. The fourth-order valence-electron chi connectivity index (χ4n) is 2.53. The third-order valence-corrected chi connectivity index (χ3v) is 3.56. The van der Waals surface area contributed by atoms with Crippen LogP contribution in [0.15, 0.2) is 0 Å². The Morgan fingerprint density at radius 3 is 2.71 bits per heavy atom. The fraction of sp³-hybridized carbons (Fsp3) is 0.909. The van der Waals surface area contributed by atoms with E-state index in [1.54, 1.807) is 0 Å². The maximum Gasteiger partial charge on any atom is 0.309 e. The topological polar surface area (TPSA) is 57.5 Å². The molecule has 0 aromatic carbocycles. The molecule has 1 aliphatic carbocycles. The number of carboxylic acids is 1. The van der Waals surface area contributed by atoms with Crippen LogP contribution in [0.1, 0.15) is 45.4 Å². The van der Waals surface area contributed by atoms with Crippen molar-refractivity contribution >= 4 is 5.97 Å².